The largest absolute Gasteiger partial charge is 0.366 e. The van der Waals surface area contributed by atoms with Gasteiger partial charge in [-0.2, -0.15) is 13.5 Å². The predicted molar refractivity (Wildman–Crippen MR) is 109 cm³/mol. The fourth-order valence-electron chi connectivity index (χ4n) is 2.90. The van der Waals surface area contributed by atoms with Crippen molar-refractivity contribution in [2.24, 2.45) is 0 Å². The molecule has 0 aliphatic rings. The maximum absolute atomic E-state index is 14.2. The molecule has 32 heavy (non-hydrogen) atoms. The summed E-state index contributed by atoms with van der Waals surface area (Å²) < 4.78 is 65.1. The van der Waals surface area contributed by atoms with Crippen molar-refractivity contribution in [1.82, 2.24) is 24.9 Å². The molecule has 4 rings (SSSR count). The van der Waals surface area contributed by atoms with Crippen LogP contribution in [0.25, 0.3) is 22.9 Å². The van der Waals surface area contributed by atoms with Crippen LogP contribution in [0.15, 0.2) is 53.4 Å². The molecule has 2 N–H and O–H groups in total. The van der Waals surface area contributed by atoms with Crippen LogP contribution in [0.4, 0.5) is 14.6 Å². The summed E-state index contributed by atoms with van der Waals surface area (Å²) in [4.78, 5) is 7.99. The molecule has 13 heteroatoms. The minimum absolute atomic E-state index is 0.0396. The molecular formula is C19H16F2N6O4S. The number of benzene rings is 1. The minimum Gasteiger partial charge on any atom is -0.366 e. The van der Waals surface area contributed by atoms with Crippen LogP contribution in [0.3, 0.4) is 0 Å². The molecule has 0 saturated heterocycles. The molecule has 0 amide bonds. The summed E-state index contributed by atoms with van der Waals surface area (Å²) >= 11 is 0. The van der Waals surface area contributed by atoms with Gasteiger partial charge in [-0.05, 0) is 12.1 Å². The van der Waals surface area contributed by atoms with E-state index >= 15 is 0 Å². The van der Waals surface area contributed by atoms with E-state index in [0.29, 0.717) is 17.0 Å². The van der Waals surface area contributed by atoms with E-state index in [4.69, 9.17) is 9.08 Å². The Morgan fingerprint density at radius 1 is 1.12 bits per heavy atom. The monoisotopic (exact) mass is 462 g/mol. The van der Waals surface area contributed by atoms with Gasteiger partial charge in [-0.1, -0.05) is 23.4 Å². The molecule has 166 valence electrons. The van der Waals surface area contributed by atoms with Gasteiger partial charge in [0, 0.05) is 18.2 Å². The zero-order valence-electron chi connectivity index (χ0n) is 16.3. The summed E-state index contributed by atoms with van der Waals surface area (Å²) in [6.07, 6.45) is 2.28. The summed E-state index contributed by atoms with van der Waals surface area (Å²) in [5.74, 6) is -2.06. The van der Waals surface area contributed by atoms with E-state index in [1.54, 1.807) is 30.3 Å². The lowest BCUT2D eigenvalue weighted by molar-refractivity contribution is 0.421. The maximum Gasteiger partial charge on any atom is 0.266 e. The minimum atomic E-state index is -4.22. The van der Waals surface area contributed by atoms with Gasteiger partial charge in [0.1, 0.15) is 23.5 Å². The summed E-state index contributed by atoms with van der Waals surface area (Å²) in [5, 5.41) is 10.8. The second kappa shape index (κ2) is 8.80. The van der Waals surface area contributed by atoms with E-state index in [1.807, 2.05) is 0 Å². The molecule has 0 saturated carbocycles. The second-order valence-corrected chi connectivity index (χ2v) is 8.22. The van der Waals surface area contributed by atoms with Gasteiger partial charge >= 0.3 is 0 Å². The highest BCUT2D eigenvalue weighted by molar-refractivity contribution is 7.85. The van der Waals surface area contributed by atoms with E-state index in [9.17, 15) is 17.2 Å². The predicted octanol–water partition coefficient (Wildman–Crippen LogP) is 2.62. The standard InChI is InChI=1S/C19H16F2N6O4S/c20-13-4-2-1-3-12(13)11-27-17(15-5-7-31-26-15)9-16(25-27)19-23-10-14(21)18(24-19)22-6-8-32(28,29)30/h1-5,7,9-10H,6,8,11H2,(H,22,23,24)(H,28,29,30). The number of aromatic nitrogens is 5. The lowest BCUT2D eigenvalue weighted by atomic mass is 10.2. The van der Waals surface area contributed by atoms with Crippen molar-refractivity contribution in [2.75, 3.05) is 17.6 Å². The van der Waals surface area contributed by atoms with Crippen LogP contribution in [0.1, 0.15) is 5.56 Å². The molecule has 0 aliphatic carbocycles. The molecule has 0 fully saturated rings. The van der Waals surface area contributed by atoms with Gasteiger partial charge in [0.05, 0.1) is 24.2 Å². The highest BCUT2D eigenvalue weighted by Gasteiger charge is 2.18. The smallest absolute Gasteiger partial charge is 0.266 e. The average Bonchev–Trinajstić information content (AvgIpc) is 3.40. The Kier molecular flexibility index (Phi) is 5.92. The third kappa shape index (κ3) is 4.95. The van der Waals surface area contributed by atoms with Crippen molar-refractivity contribution in [3.8, 4) is 22.9 Å². The summed E-state index contributed by atoms with van der Waals surface area (Å²) in [7, 11) is -4.22. The fourth-order valence-corrected chi connectivity index (χ4v) is 3.26. The van der Waals surface area contributed by atoms with Crippen LogP contribution < -0.4 is 5.32 Å². The van der Waals surface area contributed by atoms with Crippen LogP contribution in [0.2, 0.25) is 0 Å². The zero-order valence-corrected chi connectivity index (χ0v) is 17.1. The van der Waals surface area contributed by atoms with Gasteiger partial charge in [-0.25, -0.2) is 18.7 Å². The molecule has 0 radical (unpaired) electrons. The van der Waals surface area contributed by atoms with E-state index in [0.717, 1.165) is 6.20 Å². The third-order valence-corrected chi connectivity index (χ3v) is 5.10. The van der Waals surface area contributed by atoms with Crippen molar-refractivity contribution in [3.05, 3.63) is 66.1 Å². The van der Waals surface area contributed by atoms with Gasteiger partial charge in [-0.3, -0.25) is 9.23 Å². The molecule has 0 aliphatic heterocycles. The highest BCUT2D eigenvalue weighted by Crippen LogP contribution is 2.25. The Bertz CT molecular complexity index is 1340. The van der Waals surface area contributed by atoms with Crippen LogP contribution in [0.5, 0.6) is 0 Å². The first-order valence-electron chi connectivity index (χ1n) is 9.24. The van der Waals surface area contributed by atoms with Gasteiger partial charge in [0.25, 0.3) is 10.1 Å². The number of hydrogen-bond donors (Lipinski definition) is 2. The van der Waals surface area contributed by atoms with Gasteiger partial charge in [-0.15, -0.1) is 0 Å². The van der Waals surface area contributed by atoms with Gasteiger partial charge in [0.15, 0.2) is 17.5 Å². The molecule has 3 heterocycles. The van der Waals surface area contributed by atoms with E-state index in [-0.39, 0.29) is 30.4 Å². The van der Waals surface area contributed by atoms with Crippen molar-refractivity contribution < 1.29 is 26.3 Å². The highest BCUT2D eigenvalue weighted by atomic mass is 32.2. The van der Waals surface area contributed by atoms with E-state index in [1.165, 1.54) is 17.0 Å². The maximum atomic E-state index is 14.2. The lowest BCUT2D eigenvalue weighted by Crippen LogP contribution is -2.16. The van der Waals surface area contributed by atoms with E-state index in [2.05, 4.69) is 25.5 Å². The molecule has 0 bridgehead atoms. The number of hydrogen-bond acceptors (Lipinski definition) is 8. The molecule has 0 atom stereocenters. The van der Waals surface area contributed by atoms with Crippen LogP contribution in [-0.4, -0.2) is 50.2 Å². The average molecular weight is 462 g/mol. The number of halogens is 2. The van der Waals surface area contributed by atoms with Crippen molar-refractivity contribution in [3.63, 3.8) is 0 Å². The number of anilines is 1. The van der Waals surface area contributed by atoms with Crippen molar-refractivity contribution >= 4 is 15.9 Å². The van der Waals surface area contributed by atoms with E-state index < -0.39 is 27.5 Å². The number of nitrogens with one attached hydrogen (secondary N) is 1. The number of nitrogens with zero attached hydrogens (tertiary/aromatic N) is 5. The molecule has 1 aromatic carbocycles. The third-order valence-electron chi connectivity index (χ3n) is 4.38. The summed E-state index contributed by atoms with van der Waals surface area (Å²) in [5.41, 5.74) is 1.57. The Hall–Kier alpha value is -3.71. The Labute approximate surface area is 180 Å². The second-order valence-electron chi connectivity index (χ2n) is 6.65. The SMILES string of the molecule is O=S(=O)(O)CCNc1nc(-c2cc(-c3ccon3)n(Cc3ccccc3F)n2)ncc1F. The molecule has 0 unspecified atom stereocenters. The fraction of sp³-hybridized carbons (Fsp3) is 0.158. The summed E-state index contributed by atoms with van der Waals surface area (Å²) in [6, 6.07) is 9.43. The van der Waals surface area contributed by atoms with Gasteiger partial charge < -0.3 is 9.84 Å². The molecule has 3 aromatic heterocycles. The molecule has 10 nitrogen and oxygen atoms in total. The zero-order chi connectivity index (χ0) is 22.7. The lowest BCUT2D eigenvalue weighted by Gasteiger charge is -2.07. The van der Waals surface area contributed by atoms with Gasteiger partial charge in [0.2, 0.25) is 0 Å². The Balaban J connectivity index is 1.68. The number of rotatable bonds is 8. The first-order chi connectivity index (χ1) is 15.3. The summed E-state index contributed by atoms with van der Waals surface area (Å²) in [6.45, 7) is -0.187. The van der Waals surface area contributed by atoms with Crippen molar-refractivity contribution in [1.29, 1.82) is 0 Å². The van der Waals surface area contributed by atoms with Crippen LogP contribution in [-0.2, 0) is 16.7 Å². The Morgan fingerprint density at radius 2 is 1.94 bits per heavy atom. The first kappa shape index (κ1) is 21.5. The quantitative estimate of drug-likeness (QED) is 0.379. The topological polar surface area (TPSA) is 136 Å². The first-order valence-corrected chi connectivity index (χ1v) is 10.8. The van der Waals surface area contributed by atoms with Crippen LogP contribution >= 0.6 is 0 Å². The molecule has 0 spiro atoms. The normalized spacial score (nSPS) is 11.6. The molecular weight excluding hydrogens is 446 g/mol. The van der Waals surface area contributed by atoms with Crippen molar-refractivity contribution in [2.45, 2.75) is 6.54 Å². The van der Waals surface area contributed by atoms with Crippen LogP contribution in [0, 0.1) is 11.6 Å². The molecule has 4 aromatic rings. The Morgan fingerprint density at radius 3 is 2.66 bits per heavy atom.